The number of carboxylic acids is 1. The number of likely N-dealkylation sites (tertiary alicyclic amines) is 1. The third-order valence-electron chi connectivity index (χ3n) is 9.04. The number of nitrogens with zero attached hydrogens (tertiary/aromatic N) is 2. The number of carbonyl (C=O) groups is 3. The van der Waals surface area contributed by atoms with E-state index in [-0.39, 0.29) is 19.1 Å². The van der Waals surface area contributed by atoms with Gasteiger partial charge in [0.15, 0.2) is 0 Å². The summed E-state index contributed by atoms with van der Waals surface area (Å²) in [5, 5.41) is 14.8. The number of hydrogen-bond donors (Lipinski definition) is 3. The minimum Gasteiger partial charge on any atom is -0.481 e. The average Bonchev–Trinajstić information content (AvgIpc) is 2.97. The maximum Gasteiger partial charge on any atom is 0.397 e. The maximum atomic E-state index is 12.3. The quantitative estimate of drug-likeness (QED) is 0.296. The number of rotatable bonds is 10. The molecule has 3 fully saturated rings. The molecule has 2 aromatic rings. The number of esters is 1. The number of hydrogen-bond acceptors (Lipinski definition) is 7. The van der Waals surface area contributed by atoms with Crippen LogP contribution in [0.3, 0.4) is 0 Å². The first-order chi connectivity index (χ1) is 19.9. The Morgan fingerprint density at radius 2 is 1.61 bits per heavy atom. The molecule has 0 atom stereocenters. The van der Waals surface area contributed by atoms with Gasteiger partial charge in [-0.15, -0.1) is 0 Å². The van der Waals surface area contributed by atoms with Gasteiger partial charge < -0.3 is 30.3 Å². The number of carbonyl (C=O) groups excluding carboxylic acids is 2. The van der Waals surface area contributed by atoms with Gasteiger partial charge in [-0.3, -0.25) is 9.59 Å². The van der Waals surface area contributed by atoms with Crippen LogP contribution in [0.25, 0.3) is 0 Å². The Hall–Kier alpha value is -3.59. The standard InChI is InChI=1S/C32H42N4O5/c37-29(38)10-15-33-26-6-8-28(9-7-26)36-16-11-24(12-17-36)22-35-18-13-32(14-19-35)20-27(21-32)34-30(39)31(40)41-23-25-4-2-1-3-5-25/h1-9,24,27,33H,10-23H2,(H,34,39)(H,37,38). The zero-order chi connectivity index (χ0) is 28.7. The summed E-state index contributed by atoms with van der Waals surface area (Å²) in [6.07, 6.45) is 6.70. The van der Waals surface area contributed by atoms with Crippen molar-refractivity contribution in [2.24, 2.45) is 11.3 Å². The molecule has 5 rings (SSSR count). The van der Waals surface area contributed by atoms with Crippen LogP contribution in [0.15, 0.2) is 54.6 Å². The van der Waals surface area contributed by atoms with Gasteiger partial charge in [-0.25, -0.2) is 4.79 Å². The van der Waals surface area contributed by atoms with Crippen LogP contribution in [0.2, 0.25) is 0 Å². The topological polar surface area (TPSA) is 111 Å². The summed E-state index contributed by atoms with van der Waals surface area (Å²) >= 11 is 0. The van der Waals surface area contributed by atoms with Gasteiger partial charge in [-0.1, -0.05) is 30.3 Å². The van der Waals surface area contributed by atoms with E-state index in [1.165, 1.54) is 18.5 Å². The molecule has 1 aliphatic carbocycles. The Bertz CT molecular complexity index is 1160. The lowest BCUT2D eigenvalue weighted by Gasteiger charge is -2.52. The van der Waals surface area contributed by atoms with Crippen LogP contribution in [-0.4, -0.2) is 73.2 Å². The summed E-state index contributed by atoms with van der Waals surface area (Å²) < 4.78 is 5.16. The van der Waals surface area contributed by atoms with Gasteiger partial charge in [-0.05, 0) is 92.8 Å². The highest BCUT2D eigenvalue weighted by Crippen LogP contribution is 2.49. The zero-order valence-electron chi connectivity index (χ0n) is 23.7. The van der Waals surface area contributed by atoms with E-state index in [0.717, 1.165) is 69.7 Å². The lowest BCUT2D eigenvalue weighted by molar-refractivity contribution is -0.157. The van der Waals surface area contributed by atoms with Crippen molar-refractivity contribution in [1.82, 2.24) is 10.2 Å². The molecule has 3 N–H and O–H groups in total. The molecule has 0 aromatic heterocycles. The predicted octanol–water partition coefficient (Wildman–Crippen LogP) is 3.89. The first-order valence-electron chi connectivity index (χ1n) is 14.9. The number of nitrogens with one attached hydrogen (secondary N) is 2. The molecular weight excluding hydrogens is 520 g/mol. The van der Waals surface area contributed by atoms with E-state index < -0.39 is 17.8 Å². The summed E-state index contributed by atoms with van der Waals surface area (Å²) in [5.74, 6) is -1.52. The molecule has 1 saturated carbocycles. The van der Waals surface area contributed by atoms with Gasteiger partial charge >= 0.3 is 17.8 Å². The normalized spacial score (nSPS) is 19.4. The largest absolute Gasteiger partial charge is 0.481 e. The van der Waals surface area contributed by atoms with Gasteiger partial charge in [0.25, 0.3) is 0 Å². The van der Waals surface area contributed by atoms with Crippen molar-refractivity contribution in [2.45, 2.75) is 57.6 Å². The van der Waals surface area contributed by atoms with E-state index in [2.05, 4.69) is 32.6 Å². The number of benzene rings is 2. The monoisotopic (exact) mass is 562 g/mol. The number of aliphatic carboxylic acids is 1. The van der Waals surface area contributed by atoms with Crippen molar-refractivity contribution < 1.29 is 24.2 Å². The first-order valence-corrected chi connectivity index (χ1v) is 14.9. The van der Waals surface area contributed by atoms with Gasteiger partial charge in [0, 0.05) is 43.6 Å². The van der Waals surface area contributed by atoms with Gasteiger partial charge in [0.05, 0.1) is 6.42 Å². The lowest BCUT2D eigenvalue weighted by atomic mass is 9.60. The predicted molar refractivity (Wildman–Crippen MR) is 158 cm³/mol. The van der Waals surface area contributed by atoms with Crippen LogP contribution < -0.4 is 15.5 Å². The third kappa shape index (κ3) is 8.00. The van der Waals surface area contributed by atoms with E-state index >= 15 is 0 Å². The molecule has 9 heteroatoms. The van der Waals surface area contributed by atoms with Crippen molar-refractivity contribution in [3.8, 4) is 0 Å². The molecule has 2 heterocycles. The summed E-state index contributed by atoms with van der Waals surface area (Å²) in [7, 11) is 0. The number of ether oxygens (including phenoxy) is 1. The van der Waals surface area contributed by atoms with Crippen molar-refractivity contribution in [1.29, 1.82) is 0 Å². The van der Waals surface area contributed by atoms with Gasteiger partial charge in [0.2, 0.25) is 0 Å². The molecule has 1 amide bonds. The second kappa shape index (κ2) is 13.4. The summed E-state index contributed by atoms with van der Waals surface area (Å²) in [4.78, 5) is 40.1. The summed E-state index contributed by atoms with van der Waals surface area (Å²) in [6, 6.07) is 17.7. The van der Waals surface area contributed by atoms with Crippen LogP contribution in [-0.2, 0) is 25.7 Å². The minimum atomic E-state index is -0.808. The number of carboxylic acid groups (broad SMARTS) is 1. The highest BCUT2D eigenvalue weighted by atomic mass is 16.5. The van der Waals surface area contributed by atoms with Crippen LogP contribution in [0.4, 0.5) is 11.4 Å². The van der Waals surface area contributed by atoms with E-state index in [4.69, 9.17) is 9.84 Å². The van der Waals surface area contributed by atoms with Crippen LogP contribution in [0, 0.1) is 11.3 Å². The van der Waals surface area contributed by atoms with Gasteiger partial charge in [0.1, 0.15) is 6.61 Å². The Balaban J connectivity index is 0.957. The fraction of sp³-hybridized carbons (Fsp3) is 0.531. The number of amides is 1. The van der Waals surface area contributed by atoms with E-state index in [1.807, 2.05) is 42.5 Å². The van der Waals surface area contributed by atoms with Crippen LogP contribution >= 0.6 is 0 Å². The van der Waals surface area contributed by atoms with E-state index in [9.17, 15) is 14.4 Å². The summed E-state index contributed by atoms with van der Waals surface area (Å²) in [6.45, 7) is 6.03. The second-order valence-electron chi connectivity index (χ2n) is 12.0. The fourth-order valence-corrected chi connectivity index (χ4v) is 6.58. The van der Waals surface area contributed by atoms with Crippen LogP contribution in [0.1, 0.15) is 50.5 Å². The molecule has 220 valence electrons. The van der Waals surface area contributed by atoms with Gasteiger partial charge in [-0.2, -0.15) is 0 Å². The highest BCUT2D eigenvalue weighted by molar-refractivity contribution is 6.32. The third-order valence-corrected chi connectivity index (χ3v) is 9.04. The van der Waals surface area contributed by atoms with Crippen molar-refractivity contribution >= 4 is 29.2 Å². The van der Waals surface area contributed by atoms with Crippen molar-refractivity contribution in [3.05, 3.63) is 60.2 Å². The molecule has 9 nitrogen and oxygen atoms in total. The highest BCUT2D eigenvalue weighted by Gasteiger charge is 2.46. The van der Waals surface area contributed by atoms with Crippen molar-refractivity contribution in [2.75, 3.05) is 49.5 Å². The maximum absolute atomic E-state index is 12.3. The Labute approximate surface area is 242 Å². The number of anilines is 2. The molecule has 0 unspecified atom stereocenters. The minimum absolute atomic E-state index is 0.0669. The van der Waals surface area contributed by atoms with E-state index in [1.54, 1.807) is 0 Å². The molecule has 0 radical (unpaired) electrons. The molecule has 41 heavy (non-hydrogen) atoms. The Morgan fingerprint density at radius 3 is 2.27 bits per heavy atom. The SMILES string of the molecule is O=C(O)CCNc1ccc(N2CCC(CN3CCC4(CC3)CC(NC(=O)C(=O)OCc3ccccc3)C4)CC2)cc1. The fourth-order valence-electron chi connectivity index (χ4n) is 6.58. The van der Waals surface area contributed by atoms with Crippen LogP contribution in [0.5, 0.6) is 0 Å². The lowest BCUT2D eigenvalue weighted by Crippen LogP contribution is -2.56. The molecule has 0 bridgehead atoms. The molecule has 2 aromatic carbocycles. The smallest absolute Gasteiger partial charge is 0.397 e. The molecule has 3 aliphatic rings. The molecule has 2 saturated heterocycles. The molecule has 2 aliphatic heterocycles. The van der Waals surface area contributed by atoms with E-state index in [0.29, 0.717) is 17.9 Å². The zero-order valence-corrected chi connectivity index (χ0v) is 23.7. The second-order valence-corrected chi connectivity index (χ2v) is 12.0. The Morgan fingerprint density at radius 1 is 0.927 bits per heavy atom. The first kappa shape index (κ1) is 28.9. The average molecular weight is 563 g/mol. The Kier molecular flexibility index (Phi) is 9.44. The molecule has 1 spiro atoms. The summed E-state index contributed by atoms with van der Waals surface area (Å²) in [5.41, 5.74) is 3.35. The molecular formula is C32H42N4O5. The number of piperidine rings is 2. The van der Waals surface area contributed by atoms with Crippen molar-refractivity contribution in [3.63, 3.8) is 0 Å².